The second-order valence-corrected chi connectivity index (χ2v) is 11.8. The van der Waals surface area contributed by atoms with Crippen LogP contribution in [0.4, 0.5) is 20.1 Å². The van der Waals surface area contributed by atoms with Gasteiger partial charge in [-0.2, -0.15) is 0 Å². The zero-order chi connectivity index (χ0) is 33.4. The lowest BCUT2D eigenvalue weighted by atomic mass is 10.0. The molecule has 2 rings (SSSR count). The van der Waals surface area contributed by atoms with Gasteiger partial charge in [0.2, 0.25) is 11.8 Å². The van der Waals surface area contributed by atoms with Crippen molar-refractivity contribution in [2.45, 2.75) is 78.2 Å². The molecular formula is C32H46N6O7. The summed E-state index contributed by atoms with van der Waals surface area (Å²) in [5.41, 5.74) is 6.78. The number of hydrogen-bond donors (Lipinski definition) is 6. The molecule has 2 atom stereocenters. The summed E-state index contributed by atoms with van der Waals surface area (Å²) in [5.74, 6) is -1.35. The molecule has 0 heterocycles. The molecule has 13 heteroatoms. The lowest BCUT2D eigenvalue weighted by Crippen LogP contribution is -2.54. The van der Waals surface area contributed by atoms with Crippen LogP contribution in [-0.2, 0) is 32.1 Å². The SMILES string of the molecule is CC(C)[C@H](NC(=O)OCc1ccccc1)C(=O)NC(CCCNC(N)=O)C(=O)Nc1ccc(CCNC(=O)OC(C)(C)C)cc1. The van der Waals surface area contributed by atoms with Gasteiger partial charge in [0.1, 0.15) is 24.3 Å². The van der Waals surface area contributed by atoms with E-state index in [1.807, 2.05) is 42.5 Å². The number of ether oxygens (including phenoxy) is 2. The van der Waals surface area contributed by atoms with Crippen molar-refractivity contribution < 1.29 is 33.4 Å². The Kier molecular flexibility index (Phi) is 14.6. The third kappa shape index (κ3) is 15.0. The molecular weight excluding hydrogens is 580 g/mol. The first kappa shape index (κ1) is 36.4. The molecule has 2 aromatic carbocycles. The van der Waals surface area contributed by atoms with Crippen LogP contribution in [0.5, 0.6) is 0 Å². The van der Waals surface area contributed by atoms with Gasteiger partial charge >= 0.3 is 18.2 Å². The number of urea groups is 1. The highest BCUT2D eigenvalue weighted by atomic mass is 16.6. The maximum absolute atomic E-state index is 13.3. The lowest BCUT2D eigenvalue weighted by Gasteiger charge is -2.25. The molecule has 0 spiro atoms. The summed E-state index contributed by atoms with van der Waals surface area (Å²) in [7, 11) is 0. The molecule has 7 N–H and O–H groups in total. The Morgan fingerprint density at radius 1 is 0.800 bits per heavy atom. The number of nitrogens with two attached hydrogens (primary N) is 1. The van der Waals surface area contributed by atoms with Gasteiger partial charge in [-0.3, -0.25) is 9.59 Å². The highest BCUT2D eigenvalue weighted by Gasteiger charge is 2.29. The fourth-order valence-electron chi connectivity index (χ4n) is 4.08. The van der Waals surface area contributed by atoms with Crippen molar-refractivity contribution in [3.05, 3.63) is 65.7 Å². The molecule has 0 fully saturated rings. The van der Waals surface area contributed by atoms with Crippen LogP contribution < -0.4 is 32.3 Å². The van der Waals surface area contributed by atoms with Gasteiger partial charge in [0.25, 0.3) is 0 Å². The molecule has 0 aliphatic rings. The molecule has 13 nitrogen and oxygen atoms in total. The number of rotatable bonds is 15. The average Bonchev–Trinajstić information content (AvgIpc) is 2.96. The van der Waals surface area contributed by atoms with Crippen molar-refractivity contribution in [2.24, 2.45) is 11.7 Å². The number of primary amides is 1. The predicted octanol–water partition coefficient (Wildman–Crippen LogP) is 3.58. The van der Waals surface area contributed by atoms with Crippen molar-refractivity contribution in [2.75, 3.05) is 18.4 Å². The van der Waals surface area contributed by atoms with Gasteiger partial charge in [-0.05, 0) is 69.2 Å². The molecule has 246 valence electrons. The van der Waals surface area contributed by atoms with Crippen LogP contribution in [0.1, 0.15) is 58.6 Å². The van der Waals surface area contributed by atoms with Crippen molar-refractivity contribution in [3.63, 3.8) is 0 Å². The van der Waals surface area contributed by atoms with E-state index in [1.54, 1.807) is 46.8 Å². The predicted molar refractivity (Wildman–Crippen MR) is 170 cm³/mol. The third-order valence-corrected chi connectivity index (χ3v) is 6.34. The Hall–Kier alpha value is -4.81. The minimum Gasteiger partial charge on any atom is -0.445 e. The monoisotopic (exact) mass is 626 g/mol. The number of carbonyl (C=O) groups is 5. The molecule has 0 aliphatic heterocycles. The van der Waals surface area contributed by atoms with Crippen LogP contribution in [0.25, 0.3) is 0 Å². The van der Waals surface area contributed by atoms with Crippen molar-refractivity contribution >= 4 is 35.7 Å². The number of carbonyl (C=O) groups excluding carboxylic acids is 5. The lowest BCUT2D eigenvalue weighted by molar-refractivity contribution is -0.128. The second kappa shape index (κ2) is 18.1. The van der Waals surface area contributed by atoms with Crippen LogP contribution >= 0.6 is 0 Å². The second-order valence-electron chi connectivity index (χ2n) is 11.8. The number of anilines is 1. The van der Waals surface area contributed by atoms with Gasteiger partial charge in [0, 0.05) is 18.8 Å². The Balaban J connectivity index is 2.00. The summed E-state index contributed by atoms with van der Waals surface area (Å²) in [6.45, 7) is 9.51. The van der Waals surface area contributed by atoms with E-state index in [0.29, 0.717) is 25.1 Å². The van der Waals surface area contributed by atoms with Crippen LogP contribution in [0.3, 0.4) is 0 Å². The highest BCUT2D eigenvalue weighted by Crippen LogP contribution is 2.13. The standard InChI is InChI=1S/C32H46N6O7/c1-21(2)26(38-31(43)44-20-23-10-7-6-8-11-23)28(40)37-25(12-9-18-34-29(33)41)27(39)36-24-15-13-22(14-16-24)17-19-35-30(42)45-32(3,4)5/h6-8,10-11,13-16,21,25-26H,9,12,17-20H2,1-5H3,(H,35,42)(H,36,39)(H,37,40)(H,38,43)(H3,33,34,41)/t25?,26-/m0/s1. The number of hydrogen-bond acceptors (Lipinski definition) is 7. The van der Waals surface area contributed by atoms with Crippen LogP contribution in [-0.4, -0.2) is 60.8 Å². The van der Waals surface area contributed by atoms with E-state index >= 15 is 0 Å². The van der Waals surface area contributed by atoms with Crippen molar-refractivity contribution in [1.29, 1.82) is 0 Å². The summed E-state index contributed by atoms with van der Waals surface area (Å²) in [4.78, 5) is 62.0. The van der Waals surface area contributed by atoms with Gasteiger partial charge in [0.05, 0.1) is 0 Å². The molecule has 0 radical (unpaired) electrons. The maximum atomic E-state index is 13.3. The first-order chi connectivity index (χ1) is 21.2. The molecule has 0 aliphatic carbocycles. The third-order valence-electron chi connectivity index (χ3n) is 6.34. The van der Waals surface area contributed by atoms with E-state index < -0.39 is 47.7 Å². The quantitative estimate of drug-likeness (QED) is 0.163. The summed E-state index contributed by atoms with van der Waals surface area (Å²) >= 11 is 0. The molecule has 2 aromatic rings. The summed E-state index contributed by atoms with van der Waals surface area (Å²) in [6.07, 6.45) is -0.166. The Morgan fingerprint density at radius 2 is 1.47 bits per heavy atom. The molecule has 6 amide bonds. The van der Waals surface area contributed by atoms with Crippen LogP contribution in [0.2, 0.25) is 0 Å². The minimum atomic E-state index is -0.978. The average molecular weight is 627 g/mol. The normalized spacial score (nSPS) is 12.3. The van der Waals surface area contributed by atoms with Crippen molar-refractivity contribution in [1.82, 2.24) is 21.3 Å². The number of nitrogens with one attached hydrogen (secondary N) is 5. The molecule has 45 heavy (non-hydrogen) atoms. The van der Waals surface area contributed by atoms with Gasteiger partial charge in [-0.15, -0.1) is 0 Å². The van der Waals surface area contributed by atoms with E-state index in [-0.39, 0.29) is 25.5 Å². The number of alkyl carbamates (subject to hydrolysis) is 2. The first-order valence-electron chi connectivity index (χ1n) is 14.9. The Labute approximate surface area is 264 Å². The smallest absolute Gasteiger partial charge is 0.408 e. The Bertz CT molecular complexity index is 1260. The zero-order valence-electron chi connectivity index (χ0n) is 26.6. The van der Waals surface area contributed by atoms with Gasteiger partial charge in [0.15, 0.2) is 0 Å². The van der Waals surface area contributed by atoms with Gasteiger partial charge < -0.3 is 41.8 Å². The fourth-order valence-corrected chi connectivity index (χ4v) is 4.08. The molecule has 0 aromatic heterocycles. The van der Waals surface area contributed by atoms with E-state index in [1.165, 1.54) is 0 Å². The highest BCUT2D eigenvalue weighted by molar-refractivity contribution is 5.98. The summed E-state index contributed by atoms with van der Waals surface area (Å²) in [5, 5.41) is 13.3. The van der Waals surface area contributed by atoms with Crippen molar-refractivity contribution in [3.8, 4) is 0 Å². The molecule has 0 bridgehead atoms. The maximum Gasteiger partial charge on any atom is 0.408 e. The number of benzene rings is 2. The summed E-state index contributed by atoms with van der Waals surface area (Å²) in [6, 6.07) is 13.6. The van der Waals surface area contributed by atoms with E-state index in [4.69, 9.17) is 15.2 Å². The van der Waals surface area contributed by atoms with E-state index in [2.05, 4.69) is 26.6 Å². The Morgan fingerprint density at radius 3 is 2.07 bits per heavy atom. The zero-order valence-corrected chi connectivity index (χ0v) is 26.6. The topological polar surface area (TPSA) is 190 Å². The molecule has 0 saturated heterocycles. The van der Waals surface area contributed by atoms with E-state index in [0.717, 1.165) is 11.1 Å². The van der Waals surface area contributed by atoms with Crippen LogP contribution in [0, 0.1) is 5.92 Å². The van der Waals surface area contributed by atoms with E-state index in [9.17, 15) is 24.0 Å². The summed E-state index contributed by atoms with van der Waals surface area (Å²) < 4.78 is 10.5. The largest absolute Gasteiger partial charge is 0.445 e. The molecule has 0 saturated carbocycles. The first-order valence-corrected chi connectivity index (χ1v) is 14.9. The fraction of sp³-hybridized carbons (Fsp3) is 0.469. The molecule has 1 unspecified atom stereocenters. The van der Waals surface area contributed by atoms with Gasteiger partial charge in [-0.1, -0.05) is 56.3 Å². The van der Waals surface area contributed by atoms with Crippen LogP contribution in [0.15, 0.2) is 54.6 Å². The van der Waals surface area contributed by atoms with Gasteiger partial charge in [-0.25, -0.2) is 14.4 Å². The minimum absolute atomic E-state index is 0.0377. The number of amides is 6.